The van der Waals surface area contributed by atoms with Crippen molar-refractivity contribution in [1.29, 1.82) is 0 Å². The zero-order valence-corrected chi connectivity index (χ0v) is 14.7. The molecule has 0 fully saturated rings. The largest absolute Gasteiger partial charge is 0.493 e. The van der Waals surface area contributed by atoms with E-state index in [1.54, 1.807) is 21.3 Å². The highest BCUT2D eigenvalue weighted by Gasteiger charge is 2.17. The standard InChI is InChI=1S/C19H21N3O3/c1-22-8-7-12-9-13(5-6-15(12)22)18(21-20)14-10-16(23-2)19(25-4)17(11-14)24-3/h5-11H,20H2,1-4H3/b21-18+. The van der Waals surface area contributed by atoms with E-state index in [-0.39, 0.29) is 0 Å². The fourth-order valence-corrected chi connectivity index (χ4v) is 2.96. The molecule has 2 N–H and O–H groups in total. The Morgan fingerprint density at radius 3 is 2.16 bits per heavy atom. The van der Waals surface area contributed by atoms with Crippen LogP contribution in [0, 0.1) is 0 Å². The number of nitrogens with zero attached hydrogens (tertiary/aromatic N) is 2. The second-order valence-corrected chi connectivity index (χ2v) is 5.59. The van der Waals surface area contributed by atoms with Gasteiger partial charge in [-0.15, -0.1) is 0 Å². The number of nitrogens with two attached hydrogens (primary N) is 1. The highest BCUT2D eigenvalue weighted by atomic mass is 16.5. The number of methoxy groups -OCH3 is 3. The number of ether oxygens (including phenoxy) is 3. The van der Waals surface area contributed by atoms with Gasteiger partial charge in [-0.25, -0.2) is 0 Å². The second-order valence-electron chi connectivity index (χ2n) is 5.59. The van der Waals surface area contributed by atoms with E-state index in [2.05, 4.69) is 21.8 Å². The summed E-state index contributed by atoms with van der Waals surface area (Å²) in [6.45, 7) is 0. The van der Waals surface area contributed by atoms with E-state index in [9.17, 15) is 0 Å². The molecule has 130 valence electrons. The summed E-state index contributed by atoms with van der Waals surface area (Å²) in [6, 6.07) is 11.8. The molecule has 0 aliphatic carbocycles. The van der Waals surface area contributed by atoms with Crippen molar-refractivity contribution >= 4 is 16.6 Å². The van der Waals surface area contributed by atoms with Gasteiger partial charge in [0, 0.05) is 35.3 Å². The van der Waals surface area contributed by atoms with Gasteiger partial charge in [-0.2, -0.15) is 5.10 Å². The van der Waals surface area contributed by atoms with Crippen LogP contribution in [0.2, 0.25) is 0 Å². The quantitative estimate of drug-likeness (QED) is 0.441. The fraction of sp³-hybridized carbons (Fsp3) is 0.211. The molecule has 0 radical (unpaired) electrons. The Morgan fingerprint density at radius 2 is 1.60 bits per heavy atom. The Hall–Kier alpha value is -3.15. The van der Waals surface area contributed by atoms with E-state index in [4.69, 9.17) is 20.1 Å². The third kappa shape index (κ3) is 2.87. The number of benzene rings is 2. The highest BCUT2D eigenvalue weighted by Crippen LogP contribution is 2.38. The van der Waals surface area contributed by atoms with Crippen LogP contribution >= 0.6 is 0 Å². The number of rotatable bonds is 5. The number of fused-ring (bicyclic) bond motifs is 1. The van der Waals surface area contributed by atoms with E-state index >= 15 is 0 Å². The monoisotopic (exact) mass is 339 g/mol. The fourth-order valence-electron chi connectivity index (χ4n) is 2.96. The molecule has 0 amide bonds. The first kappa shape index (κ1) is 16.7. The Balaban J connectivity index is 2.14. The molecule has 0 saturated heterocycles. The van der Waals surface area contributed by atoms with Crippen LogP contribution in [0.1, 0.15) is 11.1 Å². The predicted octanol–water partition coefficient (Wildman–Crippen LogP) is 2.92. The molecule has 1 heterocycles. The normalized spacial score (nSPS) is 11.6. The molecule has 0 bridgehead atoms. The Morgan fingerprint density at radius 1 is 0.920 bits per heavy atom. The predicted molar refractivity (Wildman–Crippen MR) is 98.8 cm³/mol. The molecule has 3 rings (SSSR count). The maximum absolute atomic E-state index is 5.71. The van der Waals surface area contributed by atoms with Gasteiger partial charge in [0.1, 0.15) is 0 Å². The van der Waals surface area contributed by atoms with Crippen molar-refractivity contribution in [3.05, 3.63) is 53.7 Å². The lowest BCUT2D eigenvalue weighted by Crippen LogP contribution is -2.08. The molecule has 1 aromatic heterocycles. The Kier molecular flexibility index (Phi) is 4.52. The Labute approximate surface area is 146 Å². The number of hydrogen-bond donors (Lipinski definition) is 1. The first-order valence-corrected chi connectivity index (χ1v) is 7.76. The maximum Gasteiger partial charge on any atom is 0.203 e. The molecule has 0 aliphatic rings. The second kappa shape index (κ2) is 6.76. The minimum Gasteiger partial charge on any atom is -0.493 e. The van der Waals surface area contributed by atoms with E-state index < -0.39 is 0 Å². The van der Waals surface area contributed by atoms with Crippen LogP contribution in [0.4, 0.5) is 0 Å². The van der Waals surface area contributed by atoms with Crippen LogP contribution in [0.3, 0.4) is 0 Å². The van der Waals surface area contributed by atoms with Gasteiger partial charge in [-0.05, 0) is 30.3 Å². The van der Waals surface area contributed by atoms with Crippen molar-refractivity contribution in [3.8, 4) is 17.2 Å². The zero-order chi connectivity index (χ0) is 18.0. The summed E-state index contributed by atoms with van der Waals surface area (Å²) >= 11 is 0. The Bertz CT molecular complexity index is 919. The molecule has 0 atom stereocenters. The summed E-state index contributed by atoms with van der Waals surface area (Å²) < 4.78 is 18.3. The summed E-state index contributed by atoms with van der Waals surface area (Å²) in [7, 11) is 6.74. The molecule has 0 aliphatic heterocycles. The van der Waals surface area contributed by atoms with Gasteiger partial charge in [-0.1, -0.05) is 6.07 Å². The zero-order valence-electron chi connectivity index (χ0n) is 14.7. The van der Waals surface area contributed by atoms with Crippen molar-refractivity contribution < 1.29 is 14.2 Å². The van der Waals surface area contributed by atoms with Gasteiger partial charge in [-0.3, -0.25) is 0 Å². The van der Waals surface area contributed by atoms with Crippen molar-refractivity contribution in [2.24, 2.45) is 18.0 Å². The molecular formula is C19H21N3O3. The average Bonchev–Trinajstić information content (AvgIpc) is 3.02. The topological polar surface area (TPSA) is 71.0 Å². The average molecular weight is 339 g/mol. The molecular weight excluding hydrogens is 318 g/mol. The van der Waals surface area contributed by atoms with E-state index in [0.29, 0.717) is 23.0 Å². The molecule has 2 aromatic carbocycles. The van der Waals surface area contributed by atoms with E-state index in [1.165, 1.54) is 0 Å². The molecule has 0 saturated carbocycles. The minimum absolute atomic E-state index is 0.531. The lowest BCUT2D eigenvalue weighted by molar-refractivity contribution is 0.324. The third-order valence-corrected chi connectivity index (χ3v) is 4.23. The van der Waals surface area contributed by atoms with Crippen molar-refractivity contribution in [1.82, 2.24) is 4.57 Å². The van der Waals surface area contributed by atoms with Crippen LogP contribution in [-0.4, -0.2) is 31.6 Å². The van der Waals surface area contributed by atoms with Gasteiger partial charge in [0.05, 0.1) is 27.0 Å². The molecule has 6 heteroatoms. The summed E-state index contributed by atoms with van der Waals surface area (Å²) in [5.74, 6) is 7.35. The van der Waals surface area contributed by atoms with E-state index in [1.807, 2.05) is 37.5 Å². The number of aryl methyl sites for hydroxylation is 1. The number of hydrazone groups is 1. The van der Waals surface area contributed by atoms with Crippen LogP contribution in [0.15, 0.2) is 47.7 Å². The van der Waals surface area contributed by atoms with E-state index in [0.717, 1.165) is 22.0 Å². The smallest absolute Gasteiger partial charge is 0.203 e. The van der Waals surface area contributed by atoms with Crippen LogP contribution in [0.5, 0.6) is 17.2 Å². The van der Waals surface area contributed by atoms with Crippen molar-refractivity contribution in [2.45, 2.75) is 0 Å². The van der Waals surface area contributed by atoms with Gasteiger partial charge in [0.2, 0.25) is 5.75 Å². The first-order chi connectivity index (χ1) is 12.1. The lowest BCUT2D eigenvalue weighted by Gasteiger charge is -2.15. The summed E-state index contributed by atoms with van der Waals surface area (Å²) in [4.78, 5) is 0. The van der Waals surface area contributed by atoms with Crippen molar-refractivity contribution in [2.75, 3.05) is 21.3 Å². The van der Waals surface area contributed by atoms with Gasteiger partial charge >= 0.3 is 0 Å². The maximum atomic E-state index is 5.71. The van der Waals surface area contributed by atoms with Crippen LogP contribution < -0.4 is 20.1 Å². The van der Waals surface area contributed by atoms with Gasteiger partial charge in [0.25, 0.3) is 0 Å². The molecule has 3 aromatic rings. The molecule has 0 unspecified atom stereocenters. The minimum atomic E-state index is 0.531. The first-order valence-electron chi connectivity index (χ1n) is 7.76. The molecule has 6 nitrogen and oxygen atoms in total. The lowest BCUT2D eigenvalue weighted by atomic mass is 10.00. The summed E-state index contributed by atoms with van der Waals surface area (Å²) in [5.41, 5.74) is 3.48. The molecule has 0 spiro atoms. The van der Waals surface area contributed by atoms with Crippen LogP contribution in [-0.2, 0) is 7.05 Å². The number of hydrogen-bond acceptors (Lipinski definition) is 5. The number of aromatic nitrogens is 1. The summed E-state index contributed by atoms with van der Waals surface area (Å²) in [5, 5.41) is 5.13. The third-order valence-electron chi connectivity index (χ3n) is 4.23. The van der Waals surface area contributed by atoms with Crippen molar-refractivity contribution in [3.63, 3.8) is 0 Å². The molecule has 25 heavy (non-hydrogen) atoms. The van der Waals surface area contributed by atoms with Gasteiger partial charge in [0.15, 0.2) is 11.5 Å². The SMILES string of the molecule is COc1cc(/C(=N/N)c2ccc3c(ccn3C)c2)cc(OC)c1OC. The highest BCUT2D eigenvalue weighted by molar-refractivity contribution is 6.14. The summed E-state index contributed by atoms with van der Waals surface area (Å²) in [6.07, 6.45) is 2.02. The van der Waals surface area contributed by atoms with Crippen LogP contribution in [0.25, 0.3) is 10.9 Å². The van der Waals surface area contributed by atoms with Gasteiger partial charge < -0.3 is 24.6 Å².